The van der Waals surface area contributed by atoms with Crippen molar-refractivity contribution in [3.63, 3.8) is 0 Å². The van der Waals surface area contributed by atoms with E-state index in [0.717, 1.165) is 10.2 Å². The lowest BCUT2D eigenvalue weighted by molar-refractivity contribution is 1.18. The number of aryl methyl sites for hydroxylation is 1. The summed E-state index contributed by atoms with van der Waals surface area (Å²) in [6, 6.07) is 14.7. The maximum atomic E-state index is 3.52. The third-order valence-electron chi connectivity index (χ3n) is 3.08. The second-order valence-corrected chi connectivity index (χ2v) is 5.20. The van der Waals surface area contributed by atoms with E-state index in [2.05, 4.69) is 82.6 Å². The summed E-state index contributed by atoms with van der Waals surface area (Å²) in [5, 5.41) is 3.13. The molecule has 0 saturated heterocycles. The number of anilines is 3. The molecule has 3 heteroatoms. The molecular formula is C15H17BrN2. The molecule has 0 fully saturated rings. The zero-order valence-electron chi connectivity index (χ0n) is 10.9. The van der Waals surface area contributed by atoms with Crippen molar-refractivity contribution in [3.05, 3.63) is 52.5 Å². The van der Waals surface area contributed by atoms with E-state index in [1.165, 1.54) is 16.9 Å². The number of halogens is 1. The third kappa shape index (κ3) is 2.67. The summed E-state index contributed by atoms with van der Waals surface area (Å²) < 4.78 is 1.10. The summed E-state index contributed by atoms with van der Waals surface area (Å²) in [5.74, 6) is 0. The van der Waals surface area contributed by atoms with Crippen LogP contribution in [0.3, 0.4) is 0 Å². The molecular weight excluding hydrogens is 288 g/mol. The summed E-state index contributed by atoms with van der Waals surface area (Å²) in [7, 11) is 4.01. The Hall–Kier alpha value is -1.48. The van der Waals surface area contributed by atoms with Crippen LogP contribution < -0.4 is 10.2 Å². The van der Waals surface area contributed by atoms with Crippen LogP contribution >= 0.6 is 15.9 Å². The zero-order valence-corrected chi connectivity index (χ0v) is 12.5. The van der Waals surface area contributed by atoms with Crippen LogP contribution in [0.2, 0.25) is 0 Å². The van der Waals surface area contributed by atoms with Crippen LogP contribution in [0.1, 0.15) is 5.56 Å². The molecule has 0 aliphatic rings. The van der Waals surface area contributed by atoms with Crippen molar-refractivity contribution in [2.45, 2.75) is 6.92 Å². The van der Waals surface area contributed by atoms with E-state index < -0.39 is 0 Å². The Bertz CT molecular complexity index is 535. The van der Waals surface area contributed by atoms with Gasteiger partial charge < -0.3 is 10.2 Å². The van der Waals surface area contributed by atoms with Crippen LogP contribution in [0.15, 0.2) is 46.9 Å². The first-order valence-corrected chi connectivity index (χ1v) is 6.69. The van der Waals surface area contributed by atoms with E-state index in [0.29, 0.717) is 0 Å². The third-order valence-corrected chi connectivity index (χ3v) is 3.57. The molecule has 0 unspecified atom stereocenters. The second-order valence-electron chi connectivity index (χ2n) is 4.29. The molecule has 0 amide bonds. The Morgan fingerprint density at radius 1 is 1.06 bits per heavy atom. The molecule has 0 aliphatic carbocycles. The van der Waals surface area contributed by atoms with Gasteiger partial charge in [0.2, 0.25) is 0 Å². The Labute approximate surface area is 117 Å². The van der Waals surface area contributed by atoms with Gasteiger partial charge in [-0.15, -0.1) is 0 Å². The molecule has 0 radical (unpaired) electrons. The molecule has 0 atom stereocenters. The highest BCUT2D eigenvalue weighted by Crippen LogP contribution is 2.29. The van der Waals surface area contributed by atoms with Gasteiger partial charge in [-0.2, -0.15) is 0 Å². The molecule has 0 aliphatic heterocycles. The number of hydrogen-bond acceptors (Lipinski definition) is 2. The molecule has 2 nitrogen and oxygen atoms in total. The fourth-order valence-corrected chi connectivity index (χ4v) is 2.28. The smallest absolute Gasteiger partial charge is 0.0449 e. The molecule has 2 rings (SSSR count). The van der Waals surface area contributed by atoms with Crippen molar-refractivity contribution in [2.75, 3.05) is 24.3 Å². The molecule has 2 aromatic rings. The normalized spacial score (nSPS) is 10.2. The summed E-state index contributed by atoms with van der Waals surface area (Å²) in [5.41, 5.74) is 4.77. The summed E-state index contributed by atoms with van der Waals surface area (Å²) in [6.45, 7) is 2.13. The minimum Gasteiger partial charge on any atom is -0.388 e. The Kier molecular flexibility index (Phi) is 3.92. The average molecular weight is 305 g/mol. The van der Waals surface area contributed by atoms with Crippen molar-refractivity contribution in [3.8, 4) is 0 Å². The van der Waals surface area contributed by atoms with E-state index in [9.17, 15) is 0 Å². The molecule has 0 saturated carbocycles. The van der Waals surface area contributed by atoms with Crippen molar-refractivity contribution in [1.29, 1.82) is 0 Å². The predicted molar refractivity (Wildman–Crippen MR) is 82.9 cm³/mol. The Morgan fingerprint density at radius 2 is 1.72 bits per heavy atom. The monoisotopic (exact) mass is 304 g/mol. The first-order valence-electron chi connectivity index (χ1n) is 5.89. The Balaban J connectivity index is 2.34. The van der Waals surface area contributed by atoms with E-state index in [-0.39, 0.29) is 0 Å². The number of hydrogen-bond donors (Lipinski definition) is 1. The van der Waals surface area contributed by atoms with Gasteiger partial charge in [0.1, 0.15) is 0 Å². The number of nitrogens with zero attached hydrogens (tertiary/aromatic N) is 1. The maximum absolute atomic E-state index is 3.52. The van der Waals surface area contributed by atoms with Crippen molar-refractivity contribution < 1.29 is 0 Å². The van der Waals surface area contributed by atoms with Gasteiger partial charge in [0.25, 0.3) is 0 Å². The number of nitrogens with one attached hydrogen (secondary N) is 1. The lowest BCUT2D eigenvalue weighted by atomic mass is 10.1. The minimum absolute atomic E-state index is 1.10. The Morgan fingerprint density at radius 3 is 2.33 bits per heavy atom. The SMILES string of the molecule is CNc1ccc(N(C)c2cc(Br)ccc2C)cc1. The predicted octanol–water partition coefficient (Wildman–Crippen LogP) is 4.57. The van der Waals surface area contributed by atoms with Gasteiger partial charge in [0.15, 0.2) is 0 Å². The number of benzene rings is 2. The molecule has 94 valence electrons. The van der Waals surface area contributed by atoms with Gasteiger partial charge in [-0.1, -0.05) is 22.0 Å². The fourth-order valence-electron chi connectivity index (χ4n) is 1.93. The lowest BCUT2D eigenvalue weighted by Gasteiger charge is -2.22. The average Bonchev–Trinajstić information content (AvgIpc) is 2.41. The highest BCUT2D eigenvalue weighted by Gasteiger charge is 2.07. The van der Waals surface area contributed by atoms with Crippen LogP contribution in [0, 0.1) is 6.92 Å². The lowest BCUT2D eigenvalue weighted by Crippen LogP contribution is -2.10. The molecule has 0 spiro atoms. The van der Waals surface area contributed by atoms with Crippen LogP contribution in [-0.4, -0.2) is 14.1 Å². The van der Waals surface area contributed by atoms with E-state index in [1.54, 1.807) is 0 Å². The van der Waals surface area contributed by atoms with Crippen LogP contribution in [0.4, 0.5) is 17.1 Å². The maximum Gasteiger partial charge on any atom is 0.0449 e. The van der Waals surface area contributed by atoms with Gasteiger partial charge >= 0.3 is 0 Å². The summed E-state index contributed by atoms with van der Waals surface area (Å²) in [4.78, 5) is 2.19. The van der Waals surface area contributed by atoms with Gasteiger partial charge in [-0.05, 0) is 48.9 Å². The molecule has 0 bridgehead atoms. The van der Waals surface area contributed by atoms with Crippen molar-refractivity contribution >= 4 is 33.0 Å². The first-order chi connectivity index (χ1) is 8.61. The van der Waals surface area contributed by atoms with E-state index in [4.69, 9.17) is 0 Å². The minimum atomic E-state index is 1.10. The van der Waals surface area contributed by atoms with Crippen molar-refractivity contribution in [1.82, 2.24) is 0 Å². The fraction of sp³-hybridized carbons (Fsp3) is 0.200. The highest BCUT2D eigenvalue weighted by molar-refractivity contribution is 9.10. The largest absolute Gasteiger partial charge is 0.388 e. The molecule has 1 N–H and O–H groups in total. The van der Waals surface area contributed by atoms with Crippen molar-refractivity contribution in [2.24, 2.45) is 0 Å². The van der Waals surface area contributed by atoms with Gasteiger partial charge in [0, 0.05) is 35.6 Å². The molecule has 0 heterocycles. The number of rotatable bonds is 3. The molecule has 2 aromatic carbocycles. The summed E-state index contributed by atoms with van der Waals surface area (Å²) >= 11 is 3.52. The molecule has 0 aromatic heterocycles. The van der Waals surface area contributed by atoms with Crippen LogP contribution in [0.5, 0.6) is 0 Å². The van der Waals surface area contributed by atoms with Crippen LogP contribution in [0.25, 0.3) is 0 Å². The van der Waals surface area contributed by atoms with Gasteiger partial charge in [0.05, 0.1) is 0 Å². The topological polar surface area (TPSA) is 15.3 Å². The second kappa shape index (κ2) is 5.44. The standard InChI is InChI=1S/C15H17BrN2/c1-11-4-5-12(16)10-15(11)18(3)14-8-6-13(17-2)7-9-14/h4-10,17H,1-3H3. The van der Waals surface area contributed by atoms with Crippen LogP contribution in [-0.2, 0) is 0 Å². The zero-order chi connectivity index (χ0) is 13.1. The van der Waals surface area contributed by atoms with Gasteiger partial charge in [-0.25, -0.2) is 0 Å². The van der Waals surface area contributed by atoms with E-state index in [1.807, 2.05) is 7.05 Å². The van der Waals surface area contributed by atoms with Gasteiger partial charge in [-0.3, -0.25) is 0 Å². The highest BCUT2D eigenvalue weighted by atomic mass is 79.9. The molecule has 18 heavy (non-hydrogen) atoms. The first kappa shape index (κ1) is 13.0. The summed E-state index contributed by atoms with van der Waals surface area (Å²) in [6.07, 6.45) is 0. The quantitative estimate of drug-likeness (QED) is 0.894. The van der Waals surface area contributed by atoms with E-state index >= 15 is 0 Å².